The molecular formula is C6H13NOS. The van der Waals surface area contributed by atoms with Gasteiger partial charge in [-0.05, 0) is 13.2 Å². The highest BCUT2D eigenvalue weighted by molar-refractivity contribution is 7.98. The van der Waals surface area contributed by atoms with Gasteiger partial charge in [0.25, 0.3) is 0 Å². The smallest absolute Gasteiger partial charge is 0.220 e. The maximum absolute atomic E-state index is 11.0. The molecule has 1 amide bonds. The zero-order valence-corrected chi connectivity index (χ0v) is 6.55. The molecule has 0 aliphatic carbocycles. The van der Waals surface area contributed by atoms with Crippen LogP contribution in [0, 0.1) is 0 Å². The SMILES string of the molecule is [2H]C([2H])(CSC)C(=O)NCC. The summed E-state index contributed by atoms with van der Waals surface area (Å²) in [6.45, 7) is 2.25. The van der Waals surface area contributed by atoms with E-state index in [2.05, 4.69) is 5.32 Å². The summed E-state index contributed by atoms with van der Waals surface area (Å²) in [6.07, 6.45) is 0.0481. The van der Waals surface area contributed by atoms with Crippen molar-refractivity contribution in [2.45, 2.75) is 13.3 Å². The van der Waals surface area contributed by atoms with E-state index in [0.29, 0.717) is 6.54 Å². The summed E-state index contributed by atoms with van der Waals surface area (Å²) in [5, 5.41) is 2.44. The average Bonchev–Trinajstić information content (AvgIpc) is 1.88. The standard InChI is InChI=1S/C6H13NOS/c1-3-7-6(8)4-5-9-2/h3-5H2,1-2H3,(H,7,8)/i4D2. The molecule has 0 aromatic carbocycles. The lowest BCUT2D eigenvalue weighted by Gasteiger charge is -1.98. The minimum atomic E-state index is -1.73. The summed E-state index contributed by atoms with van der Waals surface area (Å²) in [6, 6.07) is 0. The maximum Gasteiger partial charge on any atom is 0.220 e. The molecule has 0 fully saturated rings. The van der Waals surface area contributed by atoms with Crippen LogP contribution >= 0.6 is 11.8 Å². The quantitative estimate of drug-likeness (QED) is 0.643. The van der Waals surface area contributed by atoms with Gasteiger partial charge in [0.1, 0.15) is 0 Å². The fraction of sp³-hybridized carbons (Fsp3) is 0.833. The topological polar surface area (TPSA) is 29.1 Å². The van der Waals surface area contributed by atoms with Crippen molar-refractivity contribution in [2.75, 3.05) is 18.6 Å². The highest BCUT2D eigenvalue weighted by atomic mass is 32.2. The van der Waals surface area contributed by atoms with Crippen molar-refractivity contribution in [2.24, 2.45) is 0 Å². The summed E-state index contributed by atoms with van der Waals surface area (Å²) in [5.74, 6) is -0.312. The molecule has 0 unspecified atom stereocenters. The number of thioether (sulfide) groups is 1. The van der Waals surface area contributed by atoms with Crippen LogP contribution in [0.1, 0.15) is 16.0 Å². The van der Waals surface area contributed by atoms with Crippen LogP contribution in [-0.2, 0) is 4.79 Å². The molecule has 0 aromatic rings. The van der Waals surface area contributed by atoms with E-state index in [9.17, 15) is 4.79 Å². The first-order valence-electron chi connectivity index (χ1n) is 3.82. The van der Waals surface area contributed by atoms with Crippen LogP contribution in [0.2, 0.25) is 0 Å². The number of hydrogen-bond donors (Lipinski definition) is 1. The van der Waals surface area contributed by atoms with Gasteiger partial charge in [0.2, 0.25) is 5.91 Å². The molecule has 0 aliphatic rings. The minimum absolute atomic E-state index is 0.207. The van der Waals surface area contributed by atoms with Crippen LogP contribution in [0.5, 0.6) is 0 Å². The number of rotatable bonds is 4. The van der Waals surface area contributed by atoms with Crippen molar-refractivity contribution in [3.8, 4) is 0 Å². The van der Waals surface area contributed by atoms with Crippen molar-refractivity contribution in [3.05, 3.63) is 0 Å². The van der Waals surface area contributed by atoms with Crippen molar-refractivity contribution in [1.29, 1.82) is 0 Å². The molecule has 54 valence electrons. The third-order valence-electron chi connectivity index (χ3n) is 0.714. The molecule has 0 bridgehead atoms. The first-order valence-corrected chi connectivity index (χ1v) is 4.21. The van der Waals surface area contributed by atoms with E-state index in [1.807, 2.05) is 0 Å². The van der Waals surface area contributed by atoms with Crippen molar-refractivity contribution in [3.63, 3.8) is 0 Å². The van der Waals surface area contributed by atoms with Crippen LogP contribution in [0.3, 0.4) is 0 Å². The molecule has 3 heteroatoms. The second kappa shape index (κ2) is 5.95. The van der Waals surface area contributed by atoms with E-state index >= 15 is 0 Å². The molecule has 9 heavy (non-hydrogen) atoms. The van der Waals surface area contributed by atoms with E-state index in [1.165, 1.54) is 11.8 Å². The Kier molecular flexibility index (Phi) is 3.70. The predicted octanol–water partition coefficient (Wildman–Crippen LogP) is 0.876. The lowest BCUT2D eigenvalue weighted by molar-refractivity contribution is -0.120. The van der Waals surface area contributed by atoms with Gasteiger partial charge in [-0.3, -0.25) is 4.79 Å². The van der Waals surface area contributed by atoms with Gasteiger partial charge in [0, 0.05) is 21.4 Å². The zero-order valence-electron chi connectivity index (χ0n) is 7.73. The van der Waals surface area contributed by atoms with E-state index in [0.717, 1.165) is 0 Å². The number of amides is 1. The molecule has 0 aromatic heterocycles. The van der Waals surface area contributed by atoms with Gasteiger partial charge in [-0.15, -0.1) is 0 Å². The zero-order chi connectivity index (χ0) is 8.91. The molecule has 0 radical (unpaired) electrons. The van der Waals surface area contributed by atoms with Crippen molar-refractivity contribution >= 4 is 17.7 Å². The molecule has 1 N–H and O–H groups in total. The van der Waals surface area contributed by atoms with E-state index in [-0.39, 0.29) is 5.75 Å². The molecule has 0 heterocycles. The molecule has 0 rings (SSSR count). The Labute approximate surface area is 63.2 Å². The maximum atomic E-state index is 11.0. The second-order valence-corrected chi connectivity index (χ2v) is 2.34. The summed E-state index contributed by atoms with van der Waals surface area (Å²) in [4.78, 5) is 11.0. The van der Waals surface area contributed by atoms with Gasteiger partial charge in [-0.1, -0.05) is 0 Å². The Morgan fingerprint density at radius 3 is 3.00 bits per heavy atom. The summed E-state index contributed by atoms with van der Waals surface area (Å²) >= 11 is 1.33. The van der Waals surface area contributed by atoms with E-state index in [4.69, 9.17) is 2.74 Å². The number of hydrogen-bond acceptors (Lipinski definition) is 2. The lowest BCUT2D eigenvalue weighted by atomic mass is 10.4. The average molecular weight is 149 g/mol. The molecule has 2 nitrogen and oxygen atoms in total. The number of carbonyl (C=O) groups excluding carboxylic acids is 1. The highest BCUT2D eigenvalue weighted by Crippen LogP contribution is 1.93. The third-order valence-corrected chi connectivity index (χ3v) is 1.15. The van der Waals surface area contributed by atoms with Gasteiger partial charge in [-0.2, -0.15) is 11.8 Å². The Balaban J connectivity index is 3.94. The normalized spacial score (nSPS) is 14.0. The van der Waals surface area contributed by atoms with Gasteiger partial charge >= 0.3 is 0 Å². The van der Waals surface area contributed by atoms with Crippen LogP contribution < -0.4 is 5.32 Å². The third kappa shape index (κ3) is 5.69. The first kappa shape index (κ1) is 5.59. The van der Waals surface area contributed by atoms with Crippen molar-refractivity contribution in [1.82, 2.24) is 5.32 Å². The largest absolute Gasteiger partial charge is 0.356 e. The highest BCUT2D eigenvalue weighted by Gasteiger charge is 1.95. The second-order valence-electron chi connectivity index (χ2n) is 1.47. The fourth-order valence-electron chi connectivity index (χ4n) is 0.361. The molecular weight excluding hydrogens is 134 g/mol. The van der Waals surface area contributed by atoms with Crippen LogP contribution in [-0.4, -0.2) is 24.5 Å². The summed E-state index contributed by atoms with van der Waals surface area (Å²) in [5.41, 5.74) is 0. The Morgan fingerprint density at radius 1 is 1.89 bits per heavy atom. The molecule has 0 saturated carbocycles. The van der Waals surface area contributed by atoms with Gasteiger partial charge in [-0.25, -0.2) is 0 Å². The molecule has 0 atom stereocenters. The van der Waals surface area contributed by atoms with Crippen LogP contribution in [0.25, 0.3) is 0 Å². The fourth-order valence-corrected chi connectivity index (χ4v) is 0.636. The number of carbonyl (C=O) groups is 1. The van der Waals surface area contributed by atoms with Crippen LogP contribution in [0.4, 0.5) is 0 Å². The van der Waals surface area contributed by atoms with Gasteiger partial charge in [0.05, 0.1) is 0 Å². The Hall–Kier alpha value is -0.180. The Morgan fingerprint density at radius 2 is 2.56 bits per heavy atom. The van der Waals surface area contributed by atoms with Crippen molar-refractivity contribution < 1.29 is 7.54 Å². The first-order chi connectivity index (χ1) is 5.04. The van der Waals surface area contributed by atoms with E-state index in [1.54, 1.807) is 13.2 Å². The number of nitrogens with one attached hydrogen (secondary N) is 1. The monoisotopic (exact) mass is 149 g/mol. The predicted molar refractivity (Wildman–Crippen MR) is 41.7 cm³/mol. The lowest BCUT2D eigenvalue weighted by Crippen LogP contribution is -2.22. The van der Waals surface area contributed by atoms with Crippen LogP contribution in [0.15, 0.2) is 0 Å². The molecule has 0 saturated heterocycles. The van der Waals surface area contributed by atoms with Gasteiger partial charge in [0.15, 0.2) is 0 Å². The Bertz CT molecular complexity index is 141. The summed E-state index contributed by atoms with van der Waals surface area (Å²) < 4.78 is 14.5. The van der Waals surface area contributed by atoms with Gasteiger partial charge < -0.3 is 5.32 Å². The minimum Gasteiger partial charge on any atom is -0.356 e. The summed E-state index contributed by atoms with van der Waals surface area (Å²) in [7, 11) is 0. The van der Waals surface area contributed by atoms with E-state index < -0.39 is 12.3 Å². The molecule has 0 aliphatic heterocycles. The molecule has 0 spiro atoms.